The van der Waals surface area contributed by atoms with Gasteiger partial charge in [0.2, 0.25) is 0 Å². The van der Waals surface area contributed by atoms with Gasteiger partial charge >= 0.3 is 0 Å². The summed E-state index contributed by atoms with van der Waals surface area (Å²) in [6.45, 7) is 4.32. The number of aromatic amines is 1. The van der Waals surface area contributed by atoms with E-state index in [2.05, 4.69) is 42.0 Å². The molecule has 1 N–H and O–H groups in total. The van der Waals surface area contributed by atoms with Crippen LogP contribution in [0.25, 0.3) is 11.3 Å². The van der Waals surface area contributed by atoms with Crippen LogP contribution in [0, 0.1) is 11.3 Å². The molecule has 0 amide bonds. The Hall–Kier alpha value is -2.08. The fourth-order valence-electron chi connectivity index (χ4n) is 1.63. The van der Waals surface area contributed by atoms with E-state index in [1.807, 2.05) is 12.1 Å². The van der Waals surface area contributed by atoms with Crippen LogP contribution >= 0.6 is 0 Å². The van der Waals surface area contributed by atoms with Gasteiger partial charge in [0.15, 0.2) is 5.69 Å². The van der Waals surface area contributed by atoms with Gasteiger partial charge in [0.05, 0.1) is 12.0 Å². The highest BCUT2D eigenvalue weighted by Gasteiger charge is 2.07. The SMILES string of the molecule is CC(C)c1ccc(-c2[nH]cnc2C#N)cc1. The molecule has 0 atom stereocenters. The molecule has 0 aliphatic carbocycles. The third-order valence-corrected chi connectivity index (χ3v) is 2.61. The molecule has 0 saturated heterocycles. The second-order valence-corrected chi connectivity index (χ2v) is 4.01. The number of nitrogens with one attached hydrogen (secondary N) is 1. The highest BCUT2D eigenvalue weighted by atomic mass is 14.9. The number of hydrogen-bond acceptors (Lipinski definition) is 2. The van der Waals surface area contributed by atoms with E-state index in [0.29, 0.717) is 11.6 Å². The van der Waals surface area contributed by atoms with Crippen molar-refractivity contribution < 1.29 is 0 Å². The van der Waals surface area contributed by atoms with Crippen molar-refractivity contribution in [2.75, 3.05) is 0 Å². The van der Waals surface area contributed by atoms with E-state index < -0.39 is 0 Å². The topological polar surface area (TPSA) is 52.5 Å². The van der Waals surface area contributed by atoms with Crippen LogP contribution < -0.4 is 0 Å². The summed E-state index contributed by atoms with van der Waals surface area (Å²) in [6.07, 6.45) is 1.55. The Balaban J connectivity index is 2.39. The van der Waals surface area contributed by atoms with Crippen molar-refractivity contribution >= 4 is 0 Å². The molecular formula is C13H13N3. The zero-order chi connectivity index (χ0) is 11.5. The largest absolute Gasteiger partial charge is 0.343 e. The molecular weight excluding hydrogens is 198 g/mol. The molecule has 0 saturated carbocycles. The van der Waals surface area contributed by atoms with Crippen LogP contribution in [0.1, 0.15) is 31.0 Å². The van der Waals surface area contributed by atoms with E-state index in [4.69, 9.17) is 5.26 Å². The number of benzene rings is 1. The number of hydrogen-bond donors (Lipinski definition) is 1. The second kappa shape index (κ2) is 4.19. The van der Waals surface area contributed by atoms with E-state index >= 15 is 0 Å². The molecule has 0 bridgehead atoms. The number of nitrogens with zero attached hydrogens (tertiary/aromatic N) is 2. The molecule has 1 aromatic heterocycles. The predicted octanol–water partition coefficient (Wildman–Crippen LogP) is 3.07. The number of aromatic nitrogens is 2. The van der Waals surface area contributed by atoms with Gasteiger partial charge in [-0.25, -0.2) is 4.98 Å². The molecule has 0 aliphatic rings. The van der Waals surface area contributed by atoms with Crippen molar-refractivity contribution in [2.45, 2.75) is 19.8 Å². The van der Waals surface area contributed by atoms with E-state index in [1.54, 1.807) is 6.33 Å². The zero-order valence-corrected chi connectivity index (χ0v) is 9.36. The Morgan fingerprint density at radius 1 is 1.25 bits per heavy atom. The Morgan fingerprint density at radius 3 is 2.50 bits per heavy atom. The Bertz CT molecular complexity index is 515. The maximum Gasteiger partial charge on any atom is 0.166 e. The second-order valence-electron chi connectivity index (χ2n) is 4.01. The van der Waals surface area contributed by atoms with Gasteiger partial charge in [-0.15, -0.1) is 0 Å². The van der Waals surface area contributed by atoms with Gasteiger partial charge in [-0.3, -0.25) is 0 Å². The maximum absolute atomic E-state index is 8.88. The molecule has 1 heterocycles. The highest BCUT2D eigenvalue weighted by Crippen LogP contribution is 2.22. The summed E-state index contributed by atoms with van der Waals surface area (Å²) in [7, 11) is 0. The number of H-pyrrole nitrogens is 1. The fourth-order valence-corrected chi connectivity index (χ4v) is 1.63. The van der Waals surface area contributed by atoms with Crippen LogP contribution in [0.3, 0.4) is 0 Å². The lowest BCUT2D eigenvalue weighted by Crippen LogP contribution is -1.88. The monoisotopic (exact) mass is 211 g/mol. The smallest absolute Gasteiger partial charge is 0.166 e. The maximum atomic E-state index is 8.88. The van der Waals surface area contributed by atoms with Gasteiger partial charge in [0.1, 0.15) is 6.07 Å². The number of rotatable bonds is 2. The van der Waals surface area contributed by atoms with Gasteiger partial charge in [0, 0.05) is 5.56 Å². The first kappa shape index (κ1) is 10.4. The van der Waals surface area contributed by atoms with Gasteiger partial charge in [-0.2, -0.15) is 5.26 Å². The lowest BCUT2D eigenvalue weighted by Gasteiger charge is -2.05. The minimum atomic E-state index is 0.442. The summed E-state index contributed by atoms with van der Waals surface area (Å²) in [5, 5.41) is 8.88. The average molecular weight is 211 g/mol. The molecule has 3 nitrogen and oxygen atoms in total. The summed E-state index contributed by atoms with van der Waals surface area (Å²) >= 11 is 0. The summed E-state index contributed by atoms with van der Waals surface area (Å²) in [5.74, 6) is 0.520. The molecule has 80 valence electrons. The summed E-state index contributed by atoms with van der Waals surface area (Å²) < 4.78 is 0. The van der Waals surface area contributed by atoms with Crippen LogP contribution in [0.15, 0.2) is 30.6 Å². The van der Waals surface area contributed by atoms with Crippen molar-refractivity contribution in [1.82, 2.24) is 9.97 Å². The average Bonchev–Trinajstić information content (AvgIpc) is 2.77. The highest BCUT2D eigenvalue weighted by molar-refractivity contribution is 5.64. The minimum absolute atomic E-state index is 0.442. The molecule has 2 rings (SSSR count). The fraction of sp³-hybridized carbons (Fsp3) is 0.231. The van der Waals surface area contributed by atoms with Crippen LogP contribution in [0.4, 0.5) is 0 Å². The summed E-state index contributed by atoms with van der Waals surface area (Å²) in [6, 6.07) is 10.3. The summed E-state index contributed by atoms with van der Waals surface area (Å²) in [5.41, 5.74) is 3.52. The predicted molar refractivity (Wildman–Crippen MR) is 62.8 cm³/mol. The quantitative estimate of drug-likeness (QED) is 0.829. The number of imidazole rings is 1. The first-order valence-corrected chi connectivity index (χ1v) is 5.26. The molecule has 16 heavy (non-hydrogen) atoms. The minimum Gasteiger partial charge on any atom is -0.343 e. The number of nitriles is 1. The molecule has 0 unspecified atom stereocenters. The van der Waals surface area contributed by atoms with Crippen molar-refractivity contribution in [2.24, 2.45) is 0 Å². The van der Waals surface area contributed by atoms with Crippen molar-refractivity contribution in [3.8, 4) is 17.3 Å². The molecule has 2 aromatic rings. The molecule has 0 aliphatic heterocycles. The van der Waals surface area contributed by atoms with Crippen LogP contribution in [-0.4, -0.2) is 9.97 Å². The van der Waals surface area contributed by atoms with E-state index in [1.165, 1.54) is 5.56 Å². The van der Waals surface area contributed by atoms with E-state index in [9.17, 15) is 0 Å². The van der Waals surface area contributed by atoms with Gasteiger partial charge in [-0.05, 0) is 11.5 Å². The van der Waals surface area contributed by atoms with Crippen LogP contribution in [0.2, 0.25) is 0 Å². The molecule has 0 radical (unpaired) electrons. The van der Waals surface area contributed by atoms with Gasteiger partial charge < -0.3 is 4.98 Å². The van der Waals surface area contributed by atoms with Gasteiger partial charge in [-0.1, -0.05) is 38.1 Å². The van der Waals surface area contributed by atoms with Crippen LogP contribution in [-0.2, 0) is 0 Å². The van der Waals surface area contributed by atoms with Gasteiger partial charge in [0.25, 0.3) is 0 Å². The molecule has 1 aromatic carbocycles. The summed E-state index contributed by atoms with van der Waals surface area (Å²) in [4.78, 5) is 6.94. The third kappa shape index (κ3) is 1.82. The molecule has 3 heteroatoms. The third-order valence-electron chi connectivity index (χ3n) is 2.61. The van der Waals surface area contributed by atoms with Crippen LogP contribution in [0.5, 0.6) is 0 Å². The normalized spacial score (nSPS) is 10.4. The molecule has 0 fully saturated rings. The first-order valence-electron chi connectivity index (χ1n) is 5.26. The van der Waals surface area contributed by atoms with Crippen molar-refractivity contribution in [3.63, 3.8) is 0 Å². The lowest BCUT2D eigenvalue weighted by molar-refractivity contribution is 0.867. The first-order chi connectivity index (χ1) is 7.72. The van der Waals surface area contributed by atoms with Crippen molar-refractivity contribution in [3.05, 3.63) is 41.9 Å². The Kier molecular flexibility index (Phi) is 2.74. The van der Waals surface area contributed by atoms with E-state index in [0.717, 1.165) is 11.3 Å². The van der Waals surface area contributed by atoms with E-state index in [-0.39, 0.29) is 0 Å². The molecule has 0 spiro atoms. The Labute approximate surface area is 94.8 Å². The van der Waals surface area contributed by atoms with Crippen molar-refractivity contribution in [1.29, 1.82) is 5.26 Å². The Morgan fingerprint density at radius 2 is 1.94 bits per heavy atom. The standard InChI is InChI=1S/C13H13N3/c1-9(2)10-3-5-11(6-4-10)13-12(7-14)15-8-16-13/h3-6,8-9H,1-2H3,(H,15,16). The lowest BCUT2D eigenvalue weighted by atomic mass is 10.0. The zero-order valence-electron chi connectivity index (χ0n) is 9.36.